The minimum Gasteiger partial charge on any atom is -0.488 e. The number of benzene rings is 4. The topological polar surface area (TPSA) is 55.6 Å². The number of para-hydroxylation sites is 1. The van der Waals surface area contributed by atoms with Gasteiger partial charge in [-0.15, -0.1) is 0 Å². The monoisotopic (exact) mass is 410 g/mol. The highest BCUT2D eigenvalue weighted by molar-refractivity contribution is 5.97. The van der Waals surface area contributed by atoms with E-state index in [-0.39, 0.29) is 5.91 Å². The fraction of sp³-hybridized carbons (Fsp3) is 0.148. The van der Waals surface area contributed by atoms with Gasteiger partial charge in [0, 0.05) is 19.6 Å². The number of carbonyl (C=O) groups excluding carboxylic acids is 1. The number of fused-ring (bicyclic) bond motifs is 1. The molecule has 0 bridgehead atoms. The van der Waals surface area contributed by atoms with Crippen LogP contribution in [0.25, 0.3) is 10.8 Å². The summed E-state index contributed by atoms with van der Waals surface area (Å²) in [5.41, 5.74) is 8.51. The Morgan fingerprint density at radius 2 is 1.48 bits per heavy atom. The number of hydrogen-bond donors (Lipinski definition) is 1. The minimum absolute atomic E-state index is 0.0812. The van der Waals surface area contributed by atoms with E-state index in [4.69, 9.17) is 10.5 Å². The Bertz CT molecular complexity index is 1160. The first-order valence-electron chi connectivity index (χ1n) is 10.5. The molecule has 4 nitrogen and oxygen atoms in total. The fourth-order valence-corrected chi connectivity index (χ4v) is 3.64. The molecule has 2 N–H and O–H groups in total. The normalized spacial score (nSPS) is 10.7. The van der Waals surface area contributed by atoms with Gasteiger partial charge in [0.1, 0.15) is 12.4 Å². The van der Waals surface area contributed by atoms with Crippen LogP contribution in [0.3, 0.4) is 0 Å². The molecule has 1 amide bonds. The summed E-state index contributed by atoms with van der Waals surface area (Å²) in [5, 5.41) is 2.34. The number of nitrogens with zero attached hydrogens (tertiary/aromatic N) is 1. The minimum atomic E-state index is -0.0812. The van der Waals surface area contributed by atoms with Gasteiger partial charge in [0.2, 0.25) is 0 Å². The standard InChI is InChI=1S/C27H26N2O2/c28-16-17-29(19-22-14-15-23-10-4-5-11-24(23)18-22)27(30)25-12-6-7-13-26(25)31-20-21-8-2-1-3-9-21/h1-15,18H,16-17,19-20,28H2. The molecule has 0 spiro atoms. The lowest BCUT2D eigenvalue weighted by Gasteiger charge is -2.23. The molecular weight excluding hydrogens is 384 g/mol. The van der Waals surface area contributed by atoms with Crippen molar-refractivity contribution in [1.82, 2.24) is 4.90 Å². The molecule has 0 fully saturated rings. The van der Waals surface area contributed by atoms with Gasteiger partial charge in [-0.25, -0.2) is 0 Å². The second kappa shape index (κ2) is 9.92. The summed E-state index contributed by atoms with van der Waals surface area (Å²) in [4.78, 5) is 15.2. The molecule has 0 saturated carbocycles. The van der Waals surface area contributed by atoms with Crippen LogP contribution in [0, 0.1) is 0 Å². The van der Waals surface area contributed by atoms with Gasteiger partial charge in [-0.05, 0) is 40.1 Å². The Kier molecular flexibility index (Phi) is 6.60. The third kappa shape index (κ3) is 5.11. The van der Waals surface area contributed by atoms with E-state index in [0.29, 0.717) is 37.6 Å². The third-order valence-electron chi connectivity index (χ3n) is 5.23. The second-order valence-electron chi connectivity index (χ2n) is 7.47. The van der Waals surface area contributed by atoms with Crippen LogP contribution in [0.15, 0.2) is 97.1 Å². The Morgan fingerprint density at radius 1 is 0.774 bits per heavy atom. The van der Waals surface area contributed by atoms with Gasteiger partial charge in [-0.1, -0.05) is 78.9 Å². The first-order valence-corrected chi connectivity index (χ1v) is 10.5. The average molecular weight is 411 g/mol. The van der Waals surface area contributed by atoms with Crippen LogP contribution in [-0.2, 0) is 13.2 Å². The number of ether oxygens (including phenoxy) is 1. The van der Waals surface area contributed by atoms with Crippen molar-refractivity contribution in [3.63, 3.8) is 0 Å². The number of nitrogens with two attached hydrogens (primary N) is 1. The summed E-state index contributed by atoms with van der Waals surface area (Å²) in [6, 6.07) is 31.8. The number of hydrogen-bond acceptors (Lipinski definition) is 3. The molecule has 0 heterocycles. The van der Waals surface area contributed by atoms with E-state index in [0.717, 1.165) is 16.5 Å². The van der Waals surface area contributed by atoms with E-state index in [1.807, 2.05) is 66.7 Å². The van der Waals surface area contributed by atoms with E-state index in [1.54, 1.807) is 4.90 Å². The molecular formula is C27H26N2O2. The molecule has 0 aliphatic carbocycles. The summed E-state index contributed by atoms with van der Waals surface area (Å²) in [5.74, 6) is 0.499. The van der Waals surface area contributed by atoms with Crippen LogP contribution in [0.2, 0.25) is 0 Å². The molecule has 0 atom stereocenters. The summed E-state index contributed by atoms with van der Waals surface area (Å²) >= 11 is 0. The van der Waals surface area contributed by atoms with Gasteiger partial charge >= 0.3 is 0 Å². The molecule has 0 aliphatic heterocycles. The van der Waals surface area contributed by atoms with Crippen molar-refractivity contribution in [2.45, 2.75) is 13.2 Å². The van der Waals surface area contributed by atoms with Crippen LogP contribution < -0.4 is 10.5 Å². The zero-order valence-electron chi connectivity index (χ0n) is 17.4. The molecule has 4 rings (SSSR count). The maximum atomic E-state index is 13.4. The number of amides is 1. The van der Waals surface area contributed by atoms with Gasteiger partial charge in [0.15, 0.2) is 0 Å². The zero-order chi connectivity index (χ0) is 21.5. The highest BCUT2D eigenvalue weighted by Crippen LogP contribution is 2.23. The first-order chi connectivity index (χ1) is 15.2. The maximum Gasteiger partial charge on any atom is 0.257 e. The quantitative estimate of drug-likeness (QED) is 0.444. The smallest absolute Gasteiger partial charge is 0.257 e. The fourth-order valence-electron chi connectivity index (χ4n) is 3.64. The summed E-state index contributed by atoms with van der Waals surface area (Å²) < 4.78 is 6.00. The van der Waals surface area contributed by atoms with Crippen molar-refractivity contribution in [2.75, 3.05) is 13.1 Å². The van der Waals surface area contributed by atoms with Gasteiger partial charge < -0.3 is 15.4 Å². The Hall–Kier alpha value is -3.63. The molecule has 4 aromatic carbocycles. The molecule has 0 aromatic heterocycles. The first kappa shape index (κ1) is 20.6. The Morgan fingerprint density at radius 3 is 2.29 bits per heavy atom. The lowest BCUT2D eigenvalue weighted by molar-refractivity contribution is 0.0743. The van der Waals surface area contributed by atoms with Crippen LogP contribution in [-0.4, -0.2) is 23.9 Å². The molecule has 0 unspecified atom stereocenters. The highest BCUT2D eigenvalue weighted by atomic mass is 16.5. The predicted molar refractivity (Wildman–Crippen MR) is 125 cm³/mol. The van der Waals surface area contributed by atoms with E-state index in [9.17, 15) is 4.79 Å². The van der Waals surface area contributed by atoms with Gasteiger partial charge in [0.25, 0.3) is 5.91 Å². The van der Waals surface area contributed by atoms with Crippen LogP contribution in [0.1, 0.15) is 21.5 Å². The van der Waals surface area contributed by atoms with E-state index < -0.39 is 0 Å². The predicted octanol–water partition coefficient (Wildman–Crippen LogP) is 5.02. The van der Waals surface area contributed by atoms with Crippen LogP contribution in [0.4, 0.5) is 0 Å². The van der Waals surface area contributed by atoms with Crippen LogP contribution >= 0.6 is 0 Å². The summed E-state index contributed by atoms with van der Waals surface area (Å²) in [6.45, 7) is 1.77. The molecule has 0 saturated heterocycles. The van der Waals surface area contributed by atoms with Crippen molar-refractivity contribution in [3.8, 4) is 5.75 Å². The van der Waals surface area contributed by atoms with E-state index in [2.05, 4.69) is 30.3 Å². The van der Waals surface area contributed by atoms with Gasteiger partial charge in [0.05, 0.1) is 5.56 Å². The van der Waals surface area contributed by atoms with Crippen molar-refractivity contribution in [1.29, 1.82) is 0 Å². The lowest BCUT2D eigenvalue weighted by atomic mass is 10.1. The Labute approximate surface area is 182 Å². The van der Waals surface area contributed by atoms with Crippen LogP contribution in [0.5, 0.6) is 5.75 Å². The van der Waals surface area contributed by atoms with Crippen molar-refractivity contribution in [2.24, 2.45) is 5.73 Å². The largest absolute Gasteiger partial charge is 0.488 e. The summed E-state index contributed by atoms with van der Waals surface area (Å²) in [6.07, 6.45) is 0. The van der Waals surface area contributed by atoms with Crippen molar-refractivity contribution < 1.29 is 9.53 Å². The molecule has 0 radical (unpaired) electrons. The number of carbonyl (C=O) groups is 1. The summed E-state index contributed by atoms with van der Waals surface area (Å²) in [7, 11) is 0. The molecule has 4 aromatic rings. The van der Waals surface area contributed by atoms with E-state index >= 15 is 0 Å². The Balaban J connectivity index is 1.55. The molecule has 31 heavy (non-hydrogen) atoms. The van der Waals surface area contributed by atoms with Crippen molar-refractivity contribution >= 4 is 16.7 Å². The van der Waals surface area contributed by atoms with Gasteiger partial charge in [-0.2, -0.15) is 0 Å². The highest BCUT2D eigenvalue weighted by Gasteiger charge is 2.19. The molecule has 4 heteroatoms. The molecule has 0 aliphatic rings. The average Bonchev–Trinajstić information content (AvgIpc) is 2.83. The SMILES string of the molecule is NCCN(Cc1ccc2ccccc2c1)C(=O)c1ccccc1OCc1ccccc1. The molecule has 156 valence electrons. The third-order valence-corrected chi connectivity index (χ3v) is 5.23. The van der Waals surface area contributed by atoms with E-state index in [1.165, 1.54) is 5.39 Å². The van der Waals surface area contributed by atoms with Gasteiger partial charge in [-0.3, -0.25) is 4.79 Å². The number of rotatable bonds is 8. The second-order valence-corrected chi connectivity index (χ2v) is 7.47. The van der Waals surface area contributed by atoms with Crippen molar-refractivity contribution in [3.05, 3.63) is 114 Å². The maximum absolute atomic E-state index is 13.4. The zero-order valence-corrected chi connectivity index (χ0v) is 17.4. The lowest BCUT2D eigenvalue weighted by Crippen LogP contribution is -2.35.